The predicted octanol–water partition coefficient (Wildman–Crippen LogP) is 0.511. The Hall–Kier alpha value is -1.28. The molecule has 7 nitrogen and oxygen atoms in total. The van der Waals surface area contributed by atoms with Crippen LogP contribution in [0.15, 0.2) is 0 Å². The van der Waals surface area contributed by atoms with E-state index >= 15 is 0 Å². The second kappa shape index (κ2) is 7.99. The fraction of sp³-hybridized carbons (Fsp3) is 0.842. The summed E-state index contributed by atoms with van der Waals surface area (Å²) in [5.74, 6) is -1.00. The van der Waals surface area contributed by atoms with Crippen LogP contribution in [0.2, 0.25) is 0 Å². The number of carbonyl (C=O) groups is 3. The SMILES string of the molecule is CNC(=O)[C@@H]1[C@@H]2CCC3(S2)C(C(=O)NC(C)C)N(CCCCCO)C(=O)[C@H]13. The number of aliphatic hydroxyl groups is 1. The lowest BCUT2D eigenvalue weighted by Crippen LogP contribution is -2.54. The normalized spacial score (nSPS) is 34.3. The minimum absolute atomic E-state index is 0.00219. The zero-order chi connectivity index (χ0) is 19.8. The van der Waals surface area contributed by atoms with Crippen LogP contribution in [-0.2, 0) is 14.4 Å². The van der Waals surface area contributed by atoms with Gasteiger partial charge in [-0.15, -0.1) is 11.8 Å². The monoisotopic (exact) mass is 397 g/mol. The standard InChI is InChI=1S/C19H31N3O4S/c1-11(2)21-17(25)15-19-8-7-12(27-19)13(16(24)20-3)14(19)18(26)22(15)9-5-4-6-10-23/h11-15,23H,4-10H2,1-3H3,(H,20,24)(H,21,25)/t12-,13+,14-,15?,19?/m0/s1. The highest BCUT2D eigenvalue weighted by Gasteiger charge is 2.73. The number of unbranched alkanes of at least 4 members (excludes halogenated alkanes) is 2. The van der Waals surface area contributed by atoms with Crippen LogP contribution in [0.5, 0.6) is 0 Å². The molecule has 3 fully saturated rings. The first kappa shape index (κ1) is 20.5. The molecule has 3 aliphatic heterocycles. The van der Waals surface area contributed by atoms with Crippen molar-refractivity contribution >= 4 is 29.5 Å². The molecule has 0 aromatic heterocycles. The molecule has 3 saturated heterocycles. The van der Waals surface area contributed by atoms with Gasteiger partial charge in [0.1, 0.15) is 6.04 Å². The van der Waals surface area contributed by atoms with E-state index in [-0.39, 0.29) is 41.5 Å². The third-order valence-corrected chi connectivity index (χ3v) is 8.04. The van der Waals surface area contributed by atoms with Crippen LogP contribution in [-0.4, -0.2) is 70.0 Å². The van der Waals surface area contributed by atoms with E-state index in [0.29, 0.717) is 13.0 Å². The highest BCUT2D eigenvalue weighted by Crippen LogP contribution is 2.66. The molecular weight excluding hydrogens is 366 g/mol. The van der Waals surface area contributed by atoms with Crippen molar-refractivity contribution in [3.05, 3.63) is 0 Å². The van der Waals surface area contributed by atoms with E-state index in [1.54, 1.807) is 23.7 Å². The number of fused-ring (bicyclic) bond motifs is 1. The molecular formula is C19H31N3O4S. The Labute approximate surface area is 165 Å². The maximum Gasteiger partial charge on any atom is 0.244 e. The maximum atomic E-state index is 13.4. The van der Waals surface area contributed by atoms with Crippen LogP contribution in [0, 0.1) is 11.8 Å². The average molecular weight is 398 g/mol. The van der Waals surface area contributed by atoms with Crippen LogP contribution in [0.25, 0.3) is 0 Å². The molecule has 3 rings (SSSR count). The molecule has 0 aromatic carbocycles. The van der Waals surface area contributed by atoms with E-state index in [2.05, 4.69) is 10.6 Å². The topological polar surface area (TPSA) is 98.7 Å². The lowest BCUT2D eigenvalue weighted by molar-refractivity contribution is -0.140. The van der Waals surface area contributed by atoms with E-state index in [1.807, 2.05) is 13.8 Å². The predicted molar refractivity (Wildman–Crippen MR) is 104 cm³/mol. The molecule has 3 N–H and O–H groups in total. The van der Waals surface area contributed by atoms with Gasteiger partial charge in [0, 0.05) is 31.5 Å². The lowest BCUT2D eigenvalue weighted by atomic mass is 9.70. The fourth-order valence-corrected chi connectivity index (χ4v) is 7.31. The summed E-state index contributed by atoms with van der Waals surface area (Å²) in [6, 6.07) is -0.520. The van der Waals surface area contributed by atoms with Gasteiger partial charge < -0.3 is 20.6 Å². The second-order valence-electron chi connectivity index (χ2n) is 8.15. The van der Waals surface area contributed by atoms with Crippen molar-refractivity contribution in [2.24, 2.45) is 11.8 Å². The molecule has 3 heterocycles. The van der Waals surface area contributed by atoms with Gasteiger partial charge in [0.05, 0.1) is 16.6 Å². The zero-order valence-electron chi connectivity index (χ0n) is 16.4. The highest BCUT2D eigenvalue weighted by molar-refractivity contribution is 8.02. The minimum atomic E-state index is -0.517. The van der Waals surface area contributed by atoms with Crippen molar-refractivity contribution in [2.75, 3.05) is 20.2 Å². The fourth-order valence-electron chi connectivity index (χ4n) is 5.10. The Bertz CT molecular complexity index is 614. The van der Waals surface area contributed by atoms with E-state index in [4.69, 9.17) is 5.11 Å². The van der Waals surface area contributed by atoms with Gasteiger partial charge in [0.25, 0.3) is 0 Å². The number of nitrogens with one attached hydrogen (secondary N) is 2. The Morgan fingerprint density at radius 1 is 1.30 bits per heavy atom. The van der Waals surface area contributed by atoms with E-state index in [0.717, 1.165) is 25.7 Å². The minimum Gasteiger partial charge on any atom is -0.396 e. The van der Waals surface area contributed by atoms with Gasteiger partial charge in [0.2, 0.25) is 17.7 Å². The lowest BCUT2D eigenvalue weighted by Gasteiger charge is -2.34. The Kier molecular flexibility index (Phi) is 6.05. The smallest absolute Gasteiger partial charge is 0.244 e. The summed E-state index contributed by atoms with van der Waals surface area (Å²) >= 11 is 1.69. The van der Waals surface area contributed by atoms with E-state index < -0.39 is 16.7 Å². The summed E-state index contributed by atoms with van der Waals surface area (Å²) in [5, 5.41) is 14.8. The molecule has 27 heavy (non-hydrogen) atoms. The number of hydrogen-bond acceptors (Lipinski definition) is 5. The first-order valence-corrected chi connectivity index (χ1v) is 10.9. The largest absolute Gasteiger partial charge is 0.396 e. The van der Waals surface area contributed by atoms with Crippen LogP contribution in [0.4, 0.5) is 0 Å². The van der Waals surface area contributed by atoms with Crippen LogP contribution in [0.1, 0.15) is 46.0 Å². The molecule has 5 atom stereocenters. The number of nitrogens with zero attached hydrogens (tertiary/aromatic N) is 1. The number of rotatable bonds is 8. The van der Waals surface area contributed by atoms with Gasteiger partial charge in [-0.3, -0.25) is 14.4 Å². The molecule has 0 aliphatic carbocycles. The van der Waals surface area contributed by atoms with Gasteiger partial charge in [0.15, 0.2) is 0 Å². The Morgan fingerprint density at radius 3 is 2.67 bits per heavy atom. The highest BCUT2D eigenvalue weighted by atomic mass is 32.2. The van der Waals surface area contributed by atoms with Crippen LogP contribution < -0.4 is 10.6 Å². The molecule has 2 unspecified atom stereocenters. The molecule has 0 saturated carbocycles. The van der Waals surface area contributed by atoms with Crippen LogP contribution in [0.3, 0.4) is 0 Å². The van der Waals surface area contributed by atoms with Crippen molar-refractivity contribution < 1.29 is 19.5 Å². The number of carbonyl (C=O) groups excluding carboxylic acids is 3. The van der Waals surface area contributed by atoms with Gasteiger partial charge in [-0.2, -0.15) is 0 Å². The number of hydrogen-bond donors (Lipinski definition) is 3. The summed E-state index contributed by atoms with van der Waals surface area (Å²) < 4.78 is -0.491. The number of likely N-dealkylation sites (tertiary alicyclic amines) is 1. The van der Waals surface area contributed by atoms with Crippen molar-refractivity contribution in [2.45, 2.75) is 68.0 Å². The molecule has 1 spiro atoms. The van der Waals surface area contributed by atoms with Crippen LogP contribution >= 0.6 is 11.8 Å². The third kappa shape index (κ3) is 3.35. The molecule has 0 aromatic rings. The first-order chi connectivity index (χ1) is 12.9. The second-order valence-corrected chi connectivity index (χ2v) is 9.75. The Morgan fingerprint density at radius 2 is 2.04 bits per heavy atom. The zero-order valence-corrected chi connectivity index (χ0v) is 17.2. The molecule has 3 amide bonds. The van der Waals surface area contributed by atoms with Crippen molar-refractivity contribution in [3.63, 3.8) is 0 Å². The van der Waals surface area contributed by atoms with Crippen molar-refractivity contribution in [3.8, 4) is 0 Å². The molecule has 0 radical (unpaired) electrons. The molecule has 3 aliphatic rings. The average Bonchev–Trinajstić information content (AvgIpc) is 3.25. The first-order valence-electron chi connectivity index (χ1n) is 9.98. The Balaban J connectivity index is 1.90. The number of amides is 3. The van der Waals surface area contributed by atoms with E-state index in [1.165, 1.54) is 0 Å². The summed E-state index contributed by atoms with van der Waals surface area (Å²) in [6.45, 7) is 4.47. The summed E-state index contributed by atoms with van der Waals surface area (Å²) in [6.07, 6.45) is 3.92. The summed E-state index contributed by atoms with van der Waals surface area (Å²) in [7, 11) is 1.61. The van der Waals surface area contributed by atoms with Gasteiger partial charge in [-0.1, -0.05) is 0 Å². The molecule has 8 heteroatoms. The maximum absolute atomic E-state index is 13.4. The van der Waals surface area contributed by atoms with Gasteiger partial charge in [-0.25, -0.2) is 0 Å². The third-order valence-electron chi connectivity index (χ3n) is 6.09. The number of aliphatic hydroxyl groups excluding tert-OH is 1. The van der Waals surface area contributed by atoms with E-state index in [9.17, 15) is 14.4 Å². The van der Waals surface area contributed by atoms with Crippen molar-refractivity contribution in [1.29, 1.82) is 0 Å². The number of thioether (sulfide) groups is 1. The summed E-state index contributed by atoms with van der Waals surface area (Å²) in [5.41, 5.74) is 0. The van der Waals surface area contributed by atoms with Crippen molar-refractivity contribution in [1.82, 2.24) is 15.5 Å². The van der Waals surface area contributed by atoms with Gasteiger partial charge in [-0.05, 0) is 46.0 Å². The summed E-state index contributed by atoms with van der Waals surface area (Å²) in [4.78, 5) is 40.7. The quantitative estimate of drug-likeness (QED) is 0.519. The molecule has 152 valence electrons. The van der Waals surface area contributed by atoms with Gasteiger partial charge >= 0.3 is 0 Å². The molecule has 2 bridgehead atoms.